The van der Waals surface area contributed by atoms with E-state index in [0.29, 0.717) is 45.0 Å². The number of methoxy groups -OCH3 is 2. The number of carbonyl (C=O) groups excluding carboxylic acids is 3. The Hall–Kier alpha value is -5.04. The molecule has 0 unspecified atom stereocenters. The van der Waals surface area contributed by atoms with Crippen molar-refractivity contribution in [2.45, 2.75) is 24.9 Å². The average molecular weight is 574 g/mol. The van der Waals surface area contributed by atoms with Crippen LogP contribution in [0.15, 0.2) is 91.0 Å². The molecule has 0 amide bonds. The van der Waals surface area contributed by atoms with E-state index in [1.807, 2.05) is 24.0 Å². The molecule has 0 bridgehead atoms. The Morgan fingerprint density at radius 3 is 2.16 bits per heavy atom. The normalized spacial score (nSPS) is 21.0. The number of carbonyl (C=O) groups is 3. The van der Waals surface area contributed by atoms with E-state index in [2.05, 4.69) is 0 Å². The third kappa shape index (κ3) is 3.67. The number of nitrogens with zero attached hydrogens (tertiary/aromatic N) is 1. The van der Waals surface area contributed by atoms with Crippen molar-refractivity contribution >= 4 is 29.1 Å². The first kappa shape index (κ1) is 26.8. The number of anilines is 1. The molecular weight excluding hydrogens is 545 g/mol. The van der Waals surface area contributed by atoms with Crippen LogP contribution < -0.4 is 14.4 Å². The van der Waals surface area contributed by atoms with Crippen molar-refractivity contribution in [1.29, 1.82) is 0 Å². The maximum atomic E-state index is 14.8. The van der Waals surface area contributed by atoms with Gasteiger partial charge in [0.1, 0.15) is 17.3 Å². The molecule has 6 nitrogen and oxygen atoms in total. The van der Waals surface area contributed by atoms with Crippen LogP contribution in [-0.2, 0) is 0 Å². The lowest BCUT2D eigenvalue weighted by atomic mass is 9.64. The highest BCUT2D eigenvalue weighted by atomic mass is 19.1. The van der Waals surface area contributed by atoms with Crippen LogP contribution in [0.25, 0.3) is 6.08 Å². The van der Waals surface area contributed by atoms with Gasteiger partial charge in [-0.05, 0) is 42.8 Å². The minimum atomic E-state index is -1.67. The number of rotatable bonds is 5. The van der Waals surface area contributed by atoms with E-state index >= 15 is 0 Å². The fourth-order valence-electron chi connectivity index (χ4n) is 7.26. The molecule has 7 heteroatoms. The van der Waals surface area contributed by atoms with Crippen LogP contribution in [0.1, 0.15) is 53.7 Å². The van der Waals surface area contributed by atoms with E-state index in [0.717, 1.165) is 5.56 Å². The Balaban J connectivity index is 1.55. The summed E-state index contributed by atoms with van der Waals surface area (Å²) >= 11 is 0. The fourth-order valence-corrected chi connectivity index (χ4v) is 7.26. The molecule has 2 aliphatic heterocycles. The first-order valence-corrected chi connectivity index (χ1v) is 14.1. The number of aryl methyl sites for hydroxylation is 1. The minimum Gasteiger partial charge on any atom is -0.493 e. The van der Waals surface area contributed by atoms with E-state index in [-0.39, 0.29) is 17.3 Å². The third-order valence-corrected chi connectivity index (χ3v) is 9.14. The molecule has 43 heavy (non-hydrogen) atoms. The largest absolute Gasteiger partial charge is 0.493 e. The first-order valence-electron chi connectivity index (χ1n) is 14.1. The van der Waals surface area contributed by atoms with E-state index in [9.17, 15) is 18.8 Å². The molecule has 1 saturated heterocycles. The van der Waals surface area contributed by atoms with Crippen molar-refractivity contribution in [1.82, 2.24) is 0 Å². The van der Waals surface area contributed by atoms with Gasteiger partial charge in [-0.1, -0.05) is 72.3 Å². The van der Waals surface area contributed by atoms with Crippen LogP contribution >= 0.6 is 0 Å². The summed E-state index contributed by atoms with van der Waals surface area (Å²) in [7, 11) is 3.04. The fraction of sp³-hybridized carbons (Fsp3) is 0.194. The van der Waals surface area contributed by atoms with Gasteiger partial charge in [0.2, 0.25) is 0 Å². The SMILES string of the molecule is COc1ccc([C@H]2[C@H](C(=O)c3ccc(C)cc3)N3c4ccc(F)cc4C=C[C@@H]3C23C(=O)c2ccccc2C3=O)cc1OC. The lowest BCUT2D eigenvalue weighted by Crippen LogP contribution is -2.48. The smallest absolute Gasteiger partial charge is 0.185 e. The first-order chi connectivity index (χ1) is 20.8. The second-order valence-corrected chi connectivity index (χ2v) is 11.3. The Kier molecular flexibility index (Phi) is 6.09. The molecule has 2 heterocycles. The Labute approximate surface area is 248 Å². The number of fused-ring (bicyclic) bond motifs is 5. The van der Waals surface area contributed by atoms with Gasteiger partial charge in [0.05, 0.1) is 20.3 Å². The molecule has 0 N–H and O–H groups in total. The summed E-state index contributed by atoms with van der Waals surface area (Å²) in [6.45, 7) is 1.94. The van der Waals surface area contributed by atoms with E-state index in [1.54, 1.807) is 72.8 Å². The summed E-state index contributed by atoms with van der Waals surface area (Å²) in [5.41, 5.74) is 2.17. The molecular formula is C36H28FNO5. The highest BCUT2D eigenvalue weighted by Crippen LogP contribution is 2.61. The monoisotopic (exact) mass is 573 g/mol. The molecule has 1 aliphatic carbocycles. The molecule has 1 fully saturated rings. The molecule has 3 atom stereocenters. The molecule has 1 spiro atoms. The maximum absolute atomic E-state index is 14.8. The molecule has 0 radical (unpaired) electrons. The predicted octanol–water partition coefficient (Wildman–Crippen LogP) is 6.47. The van der Waals surface area contributed by atoms with Crippen molar-refractivity contribution in [2.24, 2.45) is 5.41 Å². The van der Waals surface area contributed by atoms with Crippen LogP contribution in [0.3, 0.4) is 0 Å². The third-order valence-electron chi connectivity index (χ3n) is 9.14. The standard InChI is InChI=1S/C36H28FNO5/c1-20-8-10-21(11-9-20)33(39)32-31(23-12-16-28(42-2)29(19-23)43-3)36(34(40)25-6-4-5-7-26(25)35(36)41)30-17-13-22-18-24(37)14-15-27(22)38(30)32/h4-19,30-32H,1-3H3/t30-,31+,32-/m1/s1. The van der Waals surface area contributed by atoms with E-state index in [1.165, 1.54) is 26.4 Å². The Morgan fingerprint density at radius 1 is 0.837 bits per heavy atom. The summed E-state index contributed by atoms with van der Waals surface area (Å²) in [6.07, 6.45) is 3.52. The van der Waals surface area contributed by atoms with Crippen LogP contribution in [0.4, 0.5) is 10.1 Å². The van der Waals surface area contributed by atoms with E-state index in [4.69, 9.17) is 9.47 Å². The molecule has 0 saturated carbocycles. The van der Waals surface area contributed by atoms with Crippen molar-refractivity contribution in [3.63, 3.8) is 0 Å². The van der Waals surface area contributed by atoms with Gasteiger partial charge >= 0.3 is 0 Å². The Bertz CT molecular complexity index is 1830. The molecule has 4 aromatic rings. The van der Waals surface area contributed by atoms with E-state index < -0.39 is 29.2 Å². The number of benzene rings is 4. The summed E-state index contributed by atoms with van der Waals surface area (Å²) in [5.74, 6) is -1.37. The summed E-state index contributed by atoms with van der Waals surface area (Å²) in [5, 5.41) is 0. The molecule has 7 rings (SSSR count). The second-order valence-electron chi connectivity index (χ2n) is 11.3. The van der Waals surface area contributed by atoms with Crippen molar-refractivity contribution in [2.75, 3.05) is 19.1 Å². The summed E-state index contributed by atoms with van der Waals surface area (Å²) < 4.78 is 25.6. The number of ketones is 3. The second kappa shape index (κ2) is 9.76. The number of ether oxygens (including phenoxy) is 2. The van der Waals surface area contributed by atoms with Crippen molar-refractivity contribution < 1.29 is 28.2 Å². The van der Waals surface area contributed by atoms with Crippen molar-refractivity contribution in [3.8, 4) is 11.5 Å². The van der Waals surface area contributed by atoms with Crippen LogP contribution in [-0.4, -0.2) is 43.7 Å². The quantitative estimate of drug-likeness (QED) is 0.201. The van der Waals surface area contributed by atoms with Crippen LogP contribution in [0, 0.1) is 18.2 Å². The number of Topliss-reactive ketones (excluding diaryl/α,β-unsaturated/α-hetero) is 3. The zero-order valence-corrected chi connectivity index (χ0v) is 23.8. The Morgan fingerprint density at radius 2 is 1.51 bits per heavy atom. The zero-order chi connectivity index (χ0) is 30.0. The molecule has 3 aliphatic rings. The molecule has 4 aromatic carbocycles. The predicted molar refractivity (Wildman–Crippen MR) is 161 cm³/mol. The van der Waals surface area contributed by atoms with Gasteiger partial charge in [0.25, 0.3) is 0 Å². The average Bonchev–Trinajstić information content (AvgIpc) is 3.46. The van der Waals surface area contributed by atoms with Crippen molar-refractivity contribution in [3.05, 3.63) is 130 Å². The zero-order valence-electron chi connectivity index (χ0n) is 23.8. The summed E-state index contributed by atoms with van der Waals surface area (Å²) in [6, 6.07) is 21.9. The van der Waals surface area contributed by atoms with Gasteiger partial charge in [-0.15, -0.1) is 0 Å². The number of hydrogen-bond donors (Lipinski definition) is 0. The van der Waals surface area contributed by atoms with Crippen LogP contribution in [0.2, 0.25) is 0 Å². The lowest BCUT2D eigenvalue weighted by molar-refractivity contribution is 0.0665. The number of halogens is 1. The van der Waals surface area contributed by atoms with Gasteiger partial charge < -0.3 is 14.4 Å². The van der Waals surface area contributed by atoms with Crippen LogP contribution in [0.5, 0.6) is 11.5 Å². The molecule has 214 valence electrons. The van der Waals surface area contributed by atoms with Gasteiger partial charge in [-0.2, -0.15) is 0 Å². The maximum Gasteiger partial charge on any atom is 0.185 e. The van der Waals surface area contributed by atoms with Gasteiger partial charge in [-0.3, -0.25) is 14.4 Å². The van der Waals surface area contributed by atoms with Gasteiger partial charge in [0.15, 0.2) is 28.8 Å². The molecule has 0 aromatic heterocycles. The number of hydrogen-bond acceptors (Lipinski definition) is 6. The minimum absolute atomic E-state index is 0.246. The lowest BCUT2D eigenvalue weighted by Gasteiger charge is -2.37. The summed E-state index contributed by atoms with van der Waals surface area (Å²) in [4.78, 5) is 46.1. The highest BCUT2D eigenvalue weighted by Gasteiger charge is 2.71. The van der Waals surface area contributed by atoms with Gasteiger partial charge in [-0.25, -0.2) is 4.39 Å². The topological polar surface area (TPSA) is 72.9 Å². The highest BCUT2D eigenvalue weighted by molar-refractivity contribution is 6.32. The van der Waals surface area contributed by atoms with Gasteiger partial charge in [0, 0.05) is 33.9 Å².